The van der Waals surface area contributed by atoms with Crippen molar-refractivity contribution < 1.29 is 14.6 Å². The molecule has 0 aliphatic rings. The summed E-state index contributed by atoms with van der Waals surface area (Å²) in [5.41, 5.74) is 8.83. The van der Waals surface area contributed by atoms with E-state index < -0.39 is 0 Å². The third kappa shape index (κ3) is 6.66. The minimum atomic E-state index is -0.351. The molecule has 3 heteroatoms. The maximum Gasteiger partial charge on any atom is 0.333 e. The molecule has 3 aromatic rings. The van der Waals surface area contributed by atoms with Crippen LogP contribution >= 0.6 is 0 Å². The Hall–Kier alpha value is -3.17. The van der Waals surface area contributed by atoms with Crippen molar-refractivity contribution in [3.8, 4) is 11.1 Å². The number of hydrogen-bond donors (Lipinski definition) is 1. The molecule has 0 fully saturated rings. The van der Waals surface area contributed by atoms with Gasteiger partial charge in [-0.15, -0.1) is 0 Å². The number of carbonyl (C=O) groups is 1. The van der Waals surface area contributed by atoms with Crippen molar-refractivity contribution in [2.75, 3.05) is 13.2 Å². The smallest absolute Gasteiger partial charge is 0.333 e. The summed E-state index contributed by atoms with van der Waals surface area (Å²) in [5, 5.41) is 9.16. The summed E-state index contributed by atoms with van der Waals surface area (Å²) >= 11 is 0. The van der Waals surface area contributed by atoms with Gasteiger partial charge in [0.2, 0.25) is 0 Å². The molecular weight excluding hydrogens is 396 g/mol. The summed E-state index contributed by atoms with van der Waals surface area (Å²) in [6.45, 7) is 7.88. The number of hydrogen-bond acceptors (Lipinski definition) is 3. The van der Waals surface area contributed by atoms with E-state index in [1.54, 1.807) is 6.92 Å². The molecule has 3 rings (SSSR count). The maximum atomic E-state index is 11.8. The highest BCUT2D eigenvalue weighted by molar-refractivity contribution is 5.86. The van der Waals surface area contributed by atoms with Crippen molar-refractivity contribution in [1.29, 1.82) is 0 Å². The van der Waals surface area contributed by atoms with Crippen LogP contribution in [-0.4, -0.2) is 24.3 Å². The number of ether oxygens (including phenoxy) is 1. The van der Waals surface area contributed by atoms with Gasteiger partial charge in [0.1, 0.15) is 0 Å². The Morgan fingerprint density at radius 2 is 1.44 bits per heavy atom. The van der Waals surface area contributed by atoms with E-state index in [4.69, 9.17) is 9.84 Å². The van der Waals surface area contributed by atoms with E-state index in [9.17, 15) is 4.79 Å². The first-order chi connectivity index (χ1) is 15.5. The highest BCUT2D eigenvalue weighted by Gasteiger charge is 2.10. The highest BCUT2D eigenvalue weighted by atomic mass is 16.5. The van der Waals surface area contributed by atoms with Gasteiger partial charge < -0.3 is 9.84 Å². The summed E-state index contributed by atoms with van der Waals surface area (Å²) < 4.78 is 5.36. The zero-order valence-corrected chi connectivity index (χ0v) is 19.1. The van der Waals surface area contributed by atoms with Gasteiger partial charge in [-0.25, -0.2) is 4.79 Å². The largest absolute Gasteiger partial charge is 0.462 e. The van der Waals surface area contributed by atoms with Crippen molar-refractivity contribution in [2.24, 2.45) is 0 Å². The van der Waals surface area contributed by atoms with Gasteiger partial charge in [0.15, 0.2) is 0 Å². The molecule has 3 aromatic carbocycles. The quantitative estimate of drug-likeness (QED) is 0.336. The molecular formula is C29H32O3. The van der Waals surface area contributed by atoms with Gasteiger partial charge in [-0.1, -0.05) is 78.9 Å². The molecule has 0 heterocycles. The molecule has 0 bridgehead atoms. The number of benzene rings is 3. The van der Waals surface area contributed by atoms with Crippen LogP contribution in [0.25, 0.3) is 11.1 Å². The normalized spacial score (nSPS) is 10.7. The summed E-state index contributed by atoms with van der Waals surface area (Å²) in [6, 6.07) is 23.6. The van der Waals surface area contributed by atoms with Gasteiger partial charge >= 0.3 is 5.97 Å². The van der Waals surface area contributed by atoms with Gasteiger partial charge in [0.25, 0.3) is 0 Å². The first-order valence-corrected chi connectivity index (χ1v) is 11.2. The van der Waals surface area contributed by atoms with Crippen molar-refractivity contribution in [3.05, 3.63) is 107 Å². The molecule has 0 aliphatic carbocycles. The fourth-order valence-electron chi connectivity index (χ4n) is 3.69. The average molecular weight is 429 g/mol. The van der Waals surface area contributed by atoms with Crippen molar-refractivity contribution >= 4 is 5.97 Å². The Bertz CT molecular complexity index is 1050. The van der Waals surface area contributed by atoms with Crippen LogP contribution < -0.4 is 0 Å². The lowest BCUT2D eigenvalue weighted by atomic mass is 9.93. The Kier molecular flexibility index (Phi) is 8.41. The average Bonchev–Trinajstić information content (AvgIpc) is 2.79. The minimum absolute atomic E-state index is 0.147. The van der Waals surface area contributed by atoms with Crippen molar-refractivity contribution in [3.63, 3.8) is 0 Å². The minimum Gasteiger partial charge on any atom is -0.462 e. The molecule has 0 radical (unpaired) electrons. The third-order valence-electron chi connectivity index (χ3n) is 5.61. The molecule has 0 aromatic heterocycles. The second-order valence-corrected chi connectivity index (χ2v) is 8.31. The first kappa shape index (κ1) is 23.5. The Labute approximate surface area is 191 Å². The van der Waals surface area contributed by atoms with Crippen LogP contribution in [0.3, 0.4) is 0 Å². The second-order valence-electron chi connectivity index (χ2n) is 8.31. The van der Waals surface area contributed by atoms with Crippen LogP contribution in [0.2, 0.25) is 0 Å². The van der Waals surface area contributed by atoms with E-state index in [0.717, 1.165) is 35.1 Å². The highest BCUT2D eigenvalue weighted by Crippen LogP contribution is 2.27. The summed E-state index contributed by atoms with van der Waals surface area (Å²) in [6.07, 6.45) is 3.24. The van der Waals surface area contributed by atoms with Gasteiger partial charge in [-0.05, 0) is 66.5 Å². The van der Waals surface area contributed by atoms with Crippen LogP contribution in [-0.2, 0) is 35.2 Å². The summed E-state index contributed by atoms with van der Waals surface area (Å²) in [4.78, 5) is 11.8. The molecule has 166 valence electrons. The number of aliphatic hydroxyl groups is 1. The van der Waals surface area contributed by atoms with Crippen LogP contribution in [0, 0.1) is 6.92 Å². The topological polar surface area (TPSA) is 46.5 Å². The summed E-state index contributed by atoms with van der Waals surface area (Å²) in [7, 11) is 0. The van der Waals surface area contributed by atoms with Gasteiger partial charge in [0.05, 0.1) is 6.61 Å². The van der Waals surface area contributed by atoms with E-state index in [-0.39, 0.29) is 12.6 Å². The number of carbonyl (C=O) groups excluding carboxylic acids is 1. The van der Waals surface area contributed by atoms with E-state index in [2.05, 4.69) is 80.2 Å². The third-order valence-corrected chi connectivity index (χ3v) is 5.61. The van der Waals surface area contributed by atoms with Crippen molar-refractivity contribution in [2.45, 2.75) is 39.5 Å². The number of rotatable bonds is 10. The molecule has 0 amide bonds. The molecule has 0 saturated heterocycles. The lowest BCUT2D eigenvalue weighted by Gasteiger charge is -2.14. The second kappa shape index (κ2) is 11.4. The molecule has 32 heavy (non-hydrogen) atoms. The van der Waals surface area contributed by atoms with Gasteiger partial charge in [-0.3, -0.25) is 0 Å². The zero-order chi connectivity index (χ0) is 22.9. The number of aryl methyl sites for hydroxylation is 3. The maximum absolute atomic E-state index is 11.8. The van der Waals surface area contributed by atoms with E-state index in [0.29, 0.717) is 25.0 Å². The zero-order valence-electron chi connectivity index (χ0n) is 19.1. The van der Waals surface area contributed by atoms with Crippen molar-refractivity contribution in [1.82, 2.24) is 0 Å². The van der Waals surface area contributed by atoms with E-state index >= 15 is 0 Å². The SMILES string of the molecule is C=C(C)C(=O)OCCc1cc(CCc2ccc(C)cc2)ccc1-c1ccc(CCO)cc1. The lowest BCUT2D eigenvalue weighted by molar-refractivity contribution is -0.138. The van der Waals surface area contributed by atoms with Crippen LogP contribution in [0.4, 0.5) is 0 Å². The van der Waals surface area contributed by atoms with Crippen LogP contribution in [0.15, 0.2) is 78.9 Å². The predicted molar refractivity (Wildman–Crippen MR) is 131 cm³/mol. The molecule has 0 unspecified atom stereocenters. The predicted octanol–water partition coefficient (Wildman–Crippen LogP) is 5.64. The number of esters is 1. The molecule has 1 N–H and O–H groups in total. The molecule has 0 atom stereocenters. The van der Waals surface area contributed by atoms with Gasteiger partial charge in [-0.2, -0.15) is 0 Å². The first-order valence-electron chi connectivity index (χ1n) is 11.2. The number of aliphatic hydroxyl groups excluding tert-OH is 1. The fourth-order valence-corrected chi connectivity index (χ4v) is 3.69. The monoisotopic (exact) mass is 428 g/mol. The molecule has 0 spiro atoms. The van der Waals surface area contributed by atoms with Gasteiger partial charge in [0, 0.05) is 18.6 Å². The fraction of sp³-hybridized carbons (Fsp3) is 0.276. The summed E-state index contributed by atoms with van der Waals surface area (Å²) in [5.74, 6) is -0.351. The Morgan fingerprint density at radius 3 is 2.09 bits per heavy atom. The van der Waals surface area contributed by atoms with Crippen LogP contribution in [0.5, 0.6) is 0 Å². The molecule has 3 nitrogen and oxygen atoms in total. The van der Waals surface area contributed by atoms with Crippen LogP contribution in [0.1, 0.15) is 34.7 Å². The standard InChI is InChI=1S/C29H32O3/c1-21(2)29(31)32-19-17-27-20-25(9-8-23-6-4-22(3)5-7-23)12-15-28(27)26-13-10-24(11-14-26)16-18-30/h4-7,10-15,20,30H,1,8-9,16-19H2,2-3H3. The lowest BCUT2D eigenvalue weighted by Crippen LogP contribution is -2.09. The molecule has 0 aliphatic heterocycles. The Morgan fingerprint density at radius 1 is 0.844 bits per heavy atom. The Balaban J connectivity index is 1.79. The van der Waals surface area contributed by atoms with E-state index in [1.165, 1.54) is 16.7 Å². The molecule has 0 saturated carbocycles. The van der Waals surface area contributed by atoms with E-state index in [1.807, 2.05) is 0 Å².